The van der Waals surface area contributed by atoms with Gasteiger partial charge in [0.2, 0.25) is 0 Å². The number of halogens is 2. The highest BCUT2D eigenvalue weighted by Crippen LogP contribution is 2.50. The third kappa shape index (κ3) is 3.00. The minimum absolute atomic E-state index is 0.0634. The summed E-state index contributed by atoms with van der Waals surface area (Å²) in [6, 6.07) is 0. The van der Waals surface area contributed by atoms with Gasteiger partial charge in [-0.15, -0.1) is 0 Å². The number of rotatable bonds is 4. The fourth-order valence-electron chi connectivity index (χ4n) is 3.45. The fourth-order valence-corrected chi connectivity index (χ4v) is 3.45. The van der Waals surface area contributed by atoms with Crippen LogP contribution in [0.25, 0.3) is 0 Å². The number of alkyl halides is 2. The number of hydrogen-bond acceptors (Lipinski definition) is 2. The van der Waals surface area contributed by atoms with Gasteiger partial charge in [-0.3, -0.25) is 9.80 Å². The highest BCUT2D eigenvalue weighted by atomic mass is 19.3. The molecule has 0 amide bonds. The van der Waals surface area contributed by atoms with Crippen LogP contribution in [0.4, 0.5) is 8.78 Å². The lowest BCUT2D eigenvalue weighted by Gasteiger charge is -2.57. The molecule has 1 spiro atoms. The first kappa shape index (κ1) is 14.9. The van der Waals surface area contributed by atoms with Crippen molar-refractivity contribution in [3.63, 3.8) is 0 Å². The Hall–Kier alpha value is -0.480. The Labute approximate surface area is 115 Å². The summed E-state index contributed by atoms with van der Waals surface area (Å²) in [7, 11) is 0. The van der Waals surface area contributed by atoms with Crippen molar-refractivity contribution in [2.24, 2.45) is 11.3 Å². The van der Waals surface area contributed by atoms with E-state index in [0.717, 1.165) is 25.2 Å². The van der Waals surface area contributed by atoms with E-state index in [1.165, 1.54) is 0 Å². The van der Waals surface area contributed by atoms with Crippen molar-refractivity contribution in [3.8, 4) is 0 Å². The first-order valence-electron chi connectivity index (χ1n) is 7.21. The Morgan fingerprint density at radius 1 is 1.21 bits per heavy atom. The van der Waals surface area contributed by atoms with E-state index in [0.29, 0.717) is 25.4 Å². The molecule has 0 radical (unpaired) electrons. The minimum atomic E-state index is -2.55. The van der Waals surface area contributed by atoms with Crippen LogP contribution < -0.4 is 0 Å². The molecule has 0 aliphatic carbocycles. The van der Waals surface area contributed by atoms with E-state index in [9.17, 15) is 8.78 Å². The fraction of sp³-hybridized carbons (Fsp3) is 0.867. The average molecular weight is 272 g/mol. The highest BCUT2D eigenvalue weighted by molar-refractivity contribution is 5.10. The van der Waals surface area contributed by atoms with Gasteiger partial charge in [-0.2, -0.15) is 0 Å². The predicted molar refractivity (Wildman–Crippen MR) is 74.5 cm³/mol. The number of piperidine rings is 1. The maximum absolute atomic E-state index is 14.4. The standard InChI is InChI=1S/C15H26F2N2/c1-12(2)7-18-6-5-14(15(16,17)11-18)9-19(10-14)8-13(3)4/h12H,3,5-11H2,1-2,4H3. The molecule has 2 nitrogen and oxygen atoms in total. The van der Waals surface area contributed by atoms with Crippen LogP contribution >= 0.6 is 0 Å². The van der Waals surface area contributed by atoms with E-state index in [-0.39, 0.29) is 6.54 Å². The maximum atomic E-state index is 14.4. The monoisotopic (exact) mass is 272 g/mol. The van der Waals surface area contributed by atoms with Gasteiger partial charge < -0.3 is 0 Å². The van der Waals surface area contributed by atoms with Crippen molar-refractivity contribution in [3.05, 3.63) is 12.2 Å². The second kappa shape index (κ2) is 5.13. The van der Waals surface area contributed by atoms with Crippen LogP contribution in [-0.2, 0) is 0 Å². The number of likely N-dealkylation sites (tertiary alicyclic amines) is 2. The second-order valence-corrected chi connectivity index (χ2v) is 6.97. The van der Waals surface area contributed by atoms with E-state index in [4.69, 9.17) is 0 Å². The lowest BCUT2D eigenvalue weighted by Crippen LogP contribution is -2.70. The van der Waals surface area contributed by atoms with Gasteiger partial charge in [0.1, 0.15) is 0 Å². The van der Waals surface area contributed by atoms with E-state index < -0.39 is 11.3 Å². The Morgan fingerprint density at radius 3 is 2.32 bits per heavy atom. The molecule has 2 saturated heterocycles. The highest BCUT2D eigenvalue weighted by Gasteiger charge is 2.62. The molecule has 0 atom stereocenters. The largest absolute Gasteiger partial charge is 0.298 e. The van der Waals surface area contributed by atoms with Crippen molar-refractivity contribution in [1.82, 2.24) is 9.80 Å². The molecule has 0 aromatic carbocycles. The van der Waals surface area contributed by atoms with Crippen molar-refractivity contribution in [1.29, 1.82) is 0 Å². The zero-order valence-corrected chi connectivity index (χ0v) is 12.4. The van der Waals surface area contributed by atoms with Gasteiger partial charge in [0.15, 0.2) is 0 Å². The molecule has 2 fully saturated rings. The molecule has 2 rings (SSSR count). The SMILES string of the molecule is C=C(C)CN1CC2(CCN(CC(C)C)CC2(F)F)C1. The third-order valence-electron chi connectivity index (χ3n) is 4.27. The summed E-state index contributed by atoms with van der Waals surface area (Å²) in [6.45, 7) is 13.3. The van der Waals surface area contributed by atoms with Crippen LogP contribution in [0.2, 0.25) is 0 Å². The van der Waals surface area contributed by atoms with E-state index >= 15 is 0 Å². The molecular formula is C15H26F2N2. The zero-order chi connectivity index (χ0) is 14.3. The lowest BCUT2D eigenvalue weighted by atomic mass is 9.69. The minimum Gasteiger partial charge on any atom is -0.298 e. The molecule has 0 bridgehead atoms. The summed E-state index contributed by atoms with van der Waals surface area (Å²) in [5.74, 6) is -2.10. The Bertz CT molecular complexity index is 346. The smallest absolute Gasteiger partial charge is 0.268 e. The molecule has 0 aromatic heterocycles. The van der Waals surface area contributed by atoms with E-state index in [2.05, 4.69) is 25.3 Å². The molecule has 110 valence electrons. The van der Waals surface area contributed by atoms with Crippen molar-refractivity contribution in [2.75, 3.05) is 39.3 Å². The topological polar surface area (TPSA) is 6.48 Å². The molecular weight excluding hydrogens is 246 g/mol. The normalized spacial score (nSPS) is 26.6. The molecule has 0 saturated carbocycles. The summed E-state index contributed by atoms with van der Waals surface area (Å²) >= 11 is 0. The van der Waals surface area contributed by atoms with Crippen LogP contribution in [0.5, 0.6) is 0 Å². The summed E-state index contributed by atoms with van der Waals surface area (Å²) in [5, 5.41) is 0. The summed E-state index contributed by atoms with van der Waals surface area (Å²) < 4.78 is 28.9. The van der Waals surface area contributed by atoms with E-state index in [1.807, 2.05) is 11.8 Å². The molecule has 0 aromatic rings. The predicted octanol–water partition coefficient (Wildman–Crippen LogP) is 2.86. The first-order valence-corrected chi connectivity index (χ1v) is 7.21. The Kier molecular flexibility index (Phi) is 4.03. The quantitative estimate of drug-likeness (QED) is 0.726. The van der Waals surface area contributed by atoms with Crippen LogP contribution in [-0.4, -0.2) is 55.0 Å². The molecule has 2 heterocycles. The molecule has 19 heavy (non-hydrogen) atoms. The number of hydrogen-bond donors (Lipinski definition) is 0. The lowest BCUT2D eigenvalue weighted by molar-refractivity contribution is -0.223. The van der Waals surface area contributed by atoms with Gasteiger partial charge >= 0.3 is 0 Å². The molecule has 2 aliphatic heterocycles. The van der Waals surface area contributed by atoms with Crippen LogP contribution in [0.1, 0.15) is 27.2 Å². The van der Waals surface area contributed by atoms with Gasteiger partial charge in [0, 0.05) is 26.2 Å². The second-order valence-electron chi connectivity index (χ2n) is 6.97. The van der Waals surface area contributed by atoms with Gasteiger partial charge in [0.05, 0.1) is 12.0 Å². The third-order valence-corrected chi connectivity index (χ3v) is 4.27. The van der Waals surface area contributed by atoms with E-state index in [1.54, 1.807) is 0 Å². The first-order chi connectivity index (χ1) is 8.74. The van der Waals surface area contributed by atoms with Gasteiger partial charge in [-0.25, -0.2) is 8.78 Å². The van der Waals surface area contributed by atoms with Gasteiger partial charge in [-0.1, -0.05) is 26.0 Å². The van der Waals surface area contributed by atoms with Gasteiger partial charge in [0.25, 0.3) is 5.92 Å². The summed E-state index contributed by atoms with van der Waals surface area (Å²) in [6.07, 6.45) is 0.624. The number of nitrogens with zero attached hydrogens (tertiary/aromatic N) is 2. The summed E-state index contributed by atoms with van der Waals surface area (Å²) in [5.41, 5.74) is 0.283. The van der Waals surface area contributed by atoms with Crippen molar-refractivity contribution >= 4 is 0 Å². The molecule has 4 heteroatoms. The molecule has 2 aliphatic rings. The molecule has 0 N–H and O–H groups in total. The van der Waals surface area contributed by atoms with Crippen molar-refractivity contribution in [2.45, 2.75) is 33.1 Å². The van der Waals surface area contributed by atoms with Crippen LogP contribution in [0, 0.1) is 11.3 Å². The molecule has 0 unspecified atom stereocenters. The average Bonchev–Trinajstić information content (AvgIpc) is 2.16. The Morgan fingerprint density at radius 2 is 1.84 bits per heavy atom. The van der Waals surface area contributed by atoms with Gasteiger partial charge in [-0.05, 0) is 25.8 Å². The summed E-state index contributed by atoms with van der Waals surface area (Å²) in [4.78, 5) is 4.02. The van der Waals surface area contributed by atoms with Crippen molar-refractivity contribution < 1.29 is 8.78 Å². The van der Waals surface area contributed by atoms with Crippen LogP contribution in [0.3, 0.4) is 0 Å². The Balaban J connectivity index is 1.93. The maximum Gasteiger partial charge on any atom is 0.268 e. The zero-order valence-electron chi connectivity index (χ0n) is 12.4. The van der Waals surface area contributed by atoms with Crippen LogP contribution in [0.15, 0.2) is 12.2 Å².